The number of anilines is 3. The van der Waals surface area contributed by atoms with Gasteiger partial charge in [-0.3, -0.25) is 9.69 Å². The molecule has 0 spiro atoms. The van der Waals surface area contributed by atoms with Crippen LogP contribution in [0.25, 0.3) is 0 Å². The number of carbonyl (C=O) groups is 1. The highest BCUT2D eigenvalue weighted by Gasteiger charge is 2.22. The molecule has 3 heterocycles. The average molecular weight is 457 g/mol. The van der Waals surface area contributed by atoms with E-state index >= 15 is 0 Å². The van der Waals surface area contributed by atoms with Gasteiger partial charge in [-0.25, -0.2) is 14.4 Å². The number of nitrogens with one attached hydrogen (secondary N) is 1. The Hall–Kier alpha value is -2.94. The average Bonchev–Trinajstić information content (AvgIpc) is 2.84. The first-order valence-electron chi connectivity index (χ1n) is 11.8. The summed E-state index contributed by atoms with van der Waals surface area (Å²) < 4.78 is 18.6. The molecule has 0 amide bonds. The molecule has 1 aromatic carbocycles. The molecule has 9 heteroatoms. The van der Waals surface area contributed by atoms with E-state index in [1.807, 2.05) is 19.1 Å². The van der Waals surface area contributed by atoms with Crippen molar-refractivity contribution in [3.05, 3.63) is 42.5 Å². The van der Waals surface area contributed by atoms with Crippen LogP contribution in [0.2, 0.25) is 0 Å². The maximum atomic E-state index is 13.6. The topological polar surface area (TPSA) is 73.8 Å². The van der Waals surface area contributed by atoms with Crippen LogP contribution in [0.1, 0.15) is 26.2 Å². The van der Waals surface area contributed by atoms with Crippen LogP contribution in [0.4, 0.5) is 21.7 Å². The summed E-state index contributed by atoms with van der Waals surface area (Å²) in [5.74, 6) is 1.39. The van der Waals surface area contributed by atoms with Gasteiger partial charge in [0.1, 0.15) is 23.8 Å². The van der Waals surface area contributed by atoms with E-state index in [1.165, 1.54) is 6.07 Å². The minimum absolute atomic E-state index is 0.134. The first-order valence-corrected chi connectivity index (χ1v) is 11.8. The van der Waals surface area contributed by atoms with Gasteiger partial charge in [-0.15, -0.1) is 0 Å². The summed E-state index contributed by atoms with van der Waals surface area (Å²) in [5, 5.41) is 3.55. The van der Waals surface area contributed by atoms with Gasteiger partial charge in [0.15, 0.2) is 0 Å². The molecule has 0 unspecified atom stereocenters. The van der Waals surface area contributed by atoms with Crippen LogP contribution in [0, 0.1) is 5.82 Å². The molecule has 4 rings (SSSR count). The molecule has 2 aliphatic rings. The minimum atomic E-state index is -0.205. The van der Waals surface area contributed by atoms with Crippen LogP contribution in [0.15, 0.2) is 36.7 Å². The zero-order valence-electron chi connectivity index (χ0n) is 19.3. The Morgan fingerprint density at radius 1 is 1.15 bits per heavy atom. The quantitative estimate of drug-likeness (QED) is 0.608. The van der Waals surface area contributed by atoms with Gasteiger partial charge in [0.25, 0.3) is 0 Å². The SMILES string of the molecule is CCOC(=O)CCN1CCN(c2cc(N[C@@H]3CCCN(c4cccc(F)c4)C3)ncn2)CC1. The Balaban J connectivity index is 1.29. The molecule has 1 aromatic heterocycles. The Morgan fingerprint density at radius 3 is 2.79 bits per heavy atom. The van der Waals surface area contributed by atoms with E-state index in [9.17, 15) is 9.18 Å². The molecule has 2 saturated heterocycles. The Kier molecular flexibility index (Phi) is 7.93. The molecule has 1 atom stereocenters. The highest BCUT2D eigenvalue weighted by Crippen LogP contribution is 2.23. The van der Waals surface area contributed by atoms with Crippen molar-refractivity contribution in [2.45, 2.75) is 32.2 Å². The molecule has 8 nitrogen and oxygen atoms in total. The first-order chi connectivity index (χ1) is 16.1. The molecule has 0 aliphatic carbocycles. The van der Waals surface area contributed by atoms with E-state index in [1.54, 1.807) is 18.5 Å². The fourth-order valence-corrected chi connectivity index (χ4v) is 4.49. The molecule has 2 aromatic rings. The van der Waals surface area contributed by atoms with Gasteiger partial charge < -0.3 is 19.9 Å². The van der Waals surface area contributed by atoms with Gasteiger partial charge in [-0.05, 0) is 38.0 Å². The number of hydrogen-bond donors (Lipinski definition) is 1. The second-order valence-corrected chi connectivity index (χ2v) is 8.55. The molecule has 0 radical (unpaired) electrons. The number of rotatable bonds is 8. The molecular weight excluding hydrogens is 423 g/mol. The zero-order chi connectivity index (χ0) is 23.0. The summed E-state index contributed by atoms with van der Waals surface area (Å²) in [6.45, 7) is 8.21. The van der Waals surface area contributed by atoms with Crippen molar-refractivity contribution in [2.24, 2.45) is 0 Å². The summed E-state index contributed by atoms with van der Waals surface area (Å²) in [6.07, 6.45) is 4.13. The number of benzene rings is 1. The number of halogens is 1. The molecule has 2 aliphatic heterocycles. The lowest BCUT2D eigenvalue weighted by Gasteiger charge is -2.36. The molecule has 1 N–H and O–H groups in total. The highest BCUT2D eigenvalue weighted by atomic mass is 19.1. The molecule has 2 fully saturated rings. The summed E-state index contributed by atoms with van der Waals surface area (Å²) in [6, 6.07) is 9.04. The number of ether oxygens (including phenoxy) is 1. The fraction of sp³-hybridized carbons (Fsp3) is 0.542. The standard InChI is InChI=1S/C24H33FN6O2/c1-2-33-24(32)8-10-29-11-13-30(14-12-29)23-16-22(26-18-27-23)28-20-6-4-9-31(17-20)21-7-3-5-19(25)15-21/h3,5,7,15-16,18,20H,2,4,6,8-14,17H2,1H3,(H,26,27,28)/t20-/m1/s1. The van der Waals surface area contributed by atoms with Gasteiger partial charge >= 0.3 is 5.97 Å². The third-order valence-corrected chi connectivity index (χ3v) is 6.23. The number of esters is 1. The molecule has 33 heavy (non-hydrogen) atoms. The number of nitrogens with zero attached hydrogens (tertiary/aromatic N) is 5. The van der Waals surface area contributed by atoms with Crippen LogP contribution in [0.5, 0.6) is 0 Å². The van der Waals surface area contributed by atoms with Crippen LogP contribution >= 0.6 is 0 Å². The third-order valence-electron chi connectivity index (χ3n) is 6.23. The maximum absolute atomic E-state index is 13.6. The van der Waals surface area contributed by atoms with Crippen molar-refractivity contribution in [3.8, 4) is 0 Å². The largest absolute Gasteiger partial charge is 0.466 e. The molecule has 178 valence electrons. The normalized spacial score (nSPS) is 19.4. The molecule has 0 bridgehead atoms. The van der Waals surface area contributed by atoms with Crippen LogP contribution in [-0.2, 0) is 9.53 Å². The van der Waals surface area contributed by atoms with Gasteiger partial charge in [0.2, 0.25) is 0 Å². The Labute approximate surface area is 194 Å². The lowest BCUT2D eigenvalue weighted by atomic mass is 10.0. The molecular formula is C24H33FN6O2. The highest BCUT2D eigenvalue weighted by molar-refractivity contribution is 5.69. The lowest BCUT2D eigenvalue weighted by molar-refractivity contribution is -0.143. The van der Waals surface area contributed by atoms with Crippen molar-refractivity contribution < 1.29 is 13.9 Å². The van der Waals surface area contributed by atoms with E-state index in [4.69, 9.17) is 4.74 Å². The van der Waals surface area contributed by atoms with E-state index in [0.29, 0.717) is 13.0 Å². The van der Waals surface area contributed by atoms with Gasteiger partial charge in [-0.1, -0.05) is 6.07 Å². The van der Waals surface area contributed by atoms with Crippen molar-refractivity contribution in [1.82, 2.24) is 14.9 Å². The summed E-state index contributed by atoms with van der Waals surface area (Å²) in [5.41, 5.74) is 0.922. The monoisotopic (exact) mass is 456 g/mol. The fourth-order valence-electron chi connectivity index (χ4n) is 4.49. The van der Waals surface area contributed by atoms with E-state index < -0.39 is 0 Å². The van der Waals surface area contributed by atoms with Crippen molar-refractivity contribution >= 4 is 23.3 Å². The molecule has 0 saturated carbocycles. The number of carbonyl (C=O) groups excluding carboxylic acids is 1. The number of aromatic nitrogens is 2. The zero-order valence-corrected chi connectivity index (χ0v) is 19.3. The number of piperidine rings is 1. The van der Waals surface area contributed by atoms with E-state index in [0.717, 1.165) is 76.0 Å². The smallest absolute Gasteiger partial charge is 0.307 e. The van der Waals surface area contributed by atoms with Crippen LogP contribution in [-0.4, -0.2) is 79.3 Å². The lowest BCUT2D eigenvalue weighted by Crippen LogP contribution is -2.47. The predicted octanol–water partition coefficient (Wildman–Crippen LogP) is 2.77. The number of hydrogen-bond acceptors (Lipinski definition) is 8. The Bertz CT molecular complexity index is 921. The summed E-state index contributed by atoms with van der Waals surface area (Å²) in [7, 11) is 0. The van der Waals surface area contributed by atoms with Crippen molar-refractivity contribution in [2.75, 3.05) is 67.5 Å². The predicted molar refractivity (Wildman–Crippen MR) is 127 cm³/mol. The van der Waals surface area contributed by atoms with Crippen molar-refractivity contribution in [3.63, 3.8) is 0 Å². The third kappa shape index (κ3) is 6.54. The van der Waals surface area contributed by atoms with Gasteiger partial charge in [0, 0.05) is 63.6 Å². The van der Waals surface area contributed by atoms with Gasteiger partial charge in [0.05, 0.1) is 13.0 Å². The summed E-state index contributed by atoms with van der Waals surface area (Å²) >= 11 is 0. The van der Waals surface area contributed by atoms with Crippen LogP contribution < -0.4 is 15.1 Å². The van der Waals surface area contributed by atoms with Crippen molar-refractivity contribution in [1.29, 1.82) is 0 Å². The second-order valence-electron chi connectivity index (χ2n) is 8.55. The maximum Gasteiger partial charge on any atom is 0.307 e. The van der Waals surface area contributed by atoms with E-state index in [2.05, 4.69) is 30.0 Å². The van der Waals surface area contributed by atoms with Gasteiger partial charge in [-0.2, -0.15) is 0 Å². The second kappa shape index (κ2) is 11.3. The Morgan fingerprint density at radius 2 is 2.00 bits per heavy atom. The summed E-state index contributed by atoms with van der Waals surface area (Å²) in [4.78, 5) is 27.3. The van der Waals surface area contributed by atoms with Crippen LogP contribution in [0.3, 0.4) is 0 Å². The first kappa shape index (κ1) is 23.2. The minimum Gasteiger partial charge on any atom is -0.466 e. The number of piperazine rings is 1. The van der Waals surface area contributed by atoms with E-state index in [-0.39, 0.29) is 17.8 Å².